The van der Waals surface area contributed by atoms with E-state index >= 15 is 0 Å². The van der Waals surface area contributed by atoms with Crippen molar-refractivity contribution in [3.8, 4) is 0 Å². The van der Waals surface area contributed by atoms with Crippen LogP contribution in [0.25, 0.3) is 0 Å². The van der Waals surface area contributed by atoms with Crippen molar-refractivity contribution in [2.45, 2.75) is 46.5 Å². The first kappa shape index (κ1) is 14.9. The molecule has 0 aliphatic carbocycles. The first-order valence-corrected chi connectivity index (χ1v) is 5.97. The molecule has 94 valence electrons. The van der Waals surface area contributed by atoms with Gasteiger partial charge in [0.2, 0.25) is 5.91 Å². The van der Waals surface area contributed by atoms with Crippen molar-refractivity contribution < 1.29 is 14.7 Å². The molecular weight excluding hydrogens is 206 g/mol. The van der Waals surface area contributed by atoms with Gasteiger partial charge in [0.15, 0.2) is 0 Å². The Kier molecular flexibility index (Phi) is 7.60. The number of aliphatic carboxylic acids is 1. The third-order valence-corrected chi connectivity index (χ3v) is 2.28. The fraction of sp³-hybridized carbons (Fsp3) is 0.833. The molecule has 1 amide bonds. The second-order valence-electron chi connectivity index (χ2n) is 4.48. The first-order chi connectivity index (χ1) is 7.47. The molecule has 0 rings (SSSR count). The lowest BCUT2D eigenvalue weighted by molar-refractivity contribution is -0.138. The summed E-state index contributed by atoms with van der Waals surface area (Å²) in [5, 5.41) is 8.62. The van der Waals surface area contributed by atoms with Crippen LogP contribution >= 0.6 is 0 Å². The van der Waals surface area contributed by atoms with Crippen LogP contribution in [-0.4, -0.2) is 35.0 Å². The molecule has 0 bridgehead atoms. The number of carbonyl (C=O) groups excluding carboxylic acids is 1. The van der Waals surface area contributed by atoms with Crippen LogP contribution in [0.5, 0.6) is 0 Å². The lowest BCUT2D eigenvalue weighted by Gasteiger charge is -2.24. The van der Waals surface area contributed by atoms with Crippen molar-refractivity contribution >= 4 is 11.9 Å². The van der Waals surface area contributed by atoms with Gasteiger partial charge in [-0.2, -0.15) is 0 Å². The number of rotatable bonds is 8. The minimum absolute atomic E-state index is 0.0323. The van der Waals surface area contributed by atoms with Gasteiger partial charge in [-0.25, -0.2) is 0 Å². The molecule has 16 heavy (non-hydrogen) atoms. The van der Waals surface area contributed by atoms with Crippen LogP contribution in [-0.2, 0) is 9.59 Å². The molecule has 1 N–H and O–H groups in total. The van der Waals surface area contributed by atoms with Crippen LogP contribution < -0.4 is 0 Å². The summed E-state index contributed by atoms with van der Waals surface area (Å²) in [5.74, 6) is -0.395. The first-order valence-electron chi connectivity index (χ1n) is 5.97. The quantitative estimate of drug-likeness (QED) is 0.693. The zero-order valence-corrected chi connectivity index (χ0v) is 10.5. The highest BCUT2D eigenvalue weighted by molar-refractivity contribution is 5.77. The van der Waals surface area contributed by atoms with E-state index < -0.39 is 5.97 Å². The number of amides is 1. The lowest BCUT2D eigenvalue weighted by atomic mass is 10.1. The average molecular weight is 229 g/mol. The Morgan fingerprint density at radius 2 is 1.88 bits per heavy atom. The maximum absolute atomic E-state index is 11.8. The minimum atomic E-state index is -0.850. The monoisotopic (exact) mass is 229 g/mol. The van der Waals surface area contributed by atoms with Crippen LogP contribution in [0.1, 0.15) is 46.5 Å². The van der Waals surface area contributed by atoms with Gasteiger partial charge in [0, 0.05) is 19.5 Å². The molecule has 0 saturated carbocycles. The zero-order valence-electron chi connectivity index (χ0n) is 10.5. The number of hydrogen-bond donors (Lipinski definition) is 1. The van der Waals surface area contributed by atoms with Crippen LogP contribution in [0.2, 0.25) is 0 Å². The predicted octanol–water partition coefficient (Wildman–Crippen LogP) is 2.14. The van der Waals surface area contributed by atoms with Crippen molar-refractivity contribution in [1.29, 1.82) is 0 Å². The van der Waals surface area contributed by atoms with E-state index in [4.69, 9.17) is 5.11 Å². The van der Waals surface area contributed by atoms with Gasteiger partial charge in [-0.1, -0.05) is 27.2 Å². The normalized spacial score (nSPS) is 10.5. The van der Waals surface area contributed by atoms with Crippen molar-refractivity contribution in [2.75, 3.05) is 13.1 Å². The van der Waals surface area contributed by atoms with E-state index in [1.54, 1.807) is 4.90 Å². The van der Waals surface area contributed by atoms with E-state index in [1.807, 2.05) is 20.8 Å². The summed E-state index contributed by atoms with van der Waals surface area (Å²) in [7, 11) is 0. The van der Waals surface area contributed by atoms with Gasteiger partial charge < -0.3 is 10.0 Å². The Morgan fingerprint density at radius 3 is 2.31 bits per heavy atom. The summed E-state index contributed by atoms with van der Waals surface area (Å²) in [5.41, 5.74) is 0. The van der Waals surface area contributed by atoms with E-state index in [-0.39, 0.29) is 12.3 Å². The SMILES string of the molecule is CCCCC(=O)N(CCC(=O)O)CC(C)C. The minimum Gasteiger partial charge on any atom is -0.481 e. The van der Waals surface area contributed by atoms with Crippen molar-refractivity contribution in [2.24, 2.45) is 5.92 Å². The smallest absolute Gasteiger partial charge is 0.305 e. The van der Waals surface area contributed by atoms with Crippen molar-refractivity contribution in [3.05, 3.63) is 0 Å². The Labute approximate surface area is 97.6 Å². The summed E-state index contributed by atoms with van der Waals surface area (Å²) < 4.78 is 0. The predicted molar refractivity (Wildman–Crippen MR) is 63.2 cm³/mol. The summed E-state index contributed by atoms with van der Waals surface area (Å²) in [6, 6.07) is 0. The standard InChI is InChI=1S/C12H23NO3/c1-4-5-6-11(14)13(9-10(2)3)8-7-12(15)16/h10H,4-9H2,1-3H3,(H,15,16). The number of hydrogen-bond acceptors (Lipinski definition) is 2. The van der Waals surface area contributed by atoms with Crippen molar-refractivity contribution in [3.63, 3.8) is 0 Å². The fourth-order valence-electron chi connectivity index (χ4n) is 1.48. The molecule has 4 heteroatoms. The van der Waals surface area contributed by atoms with Crippen LogP contribution in [0.3, 0.4) is 0 Å². The molecule has 0 aromatic carbocycles. The van der Waals surface area contributed by atoms with Gasteiger partial charge >= 0.3 is 5.97 Å². The van der Waals surface area contributed by atoms with Gasteiger partial charge in [0.1, 0.15) is 0 Å². The molecule has 0 fully saturated rings. The van der Waals surface area contributed by atoms with Crippen LogP contribution in [0.4, 0.5) is 0 Å². The Bertz CT molecular complexity index is 226. The van der Waals surface area contributed by atoms with Gasteiger partial charge in [0.25, 0.3) is 0 Å². The van der Waals surface area contributed by atoms with Gasteiger partial charge in [-0.15, -0.1) is 0 Å². The number of carboxylic acid groups (broad SMARTS) is 1. The highest BCUT2D eigenvalue weighted by Gasteiger charge is 2.15. The van der Waals surface area contributed by atoms with E-state index in [9.17, 15) is 9.59 Å². The second-order valence-corrected chi connectivity index (χ2v) is 4.48. The Balaban J connectivity index is 4.17. The Hall–Kier alpha value is -1.06. The molecule has 0 aliphatic heterocycles. The van der Waals surface area contributed by atoms with E-state index in [1.165, 1.54) is 0 Å². The fourth-order valence-corrected chi connectivity index (χ4v) is 1.48. The number of nitrogens with zero attached hydrogens (tertiary/aromatic N) is 1. The highest BCUT2D eigenvalue weighted by atomic mass is 16.4. The molecule has 0 aliphatic rings. The molecular formula is C12H23NO3. The molecule has 0 radical (unpaired) electrons. The van der Waals surface area contributed by atoms with E-state index in [0.717, 1.165) is 12.8 Å². The molecule has 0 aromatic heterocycles. The van der Waals surface area contributed by atoms with Gasteiger partial charge in [-0.3, -0.25) is 9.59 Å². The maximum atomic E-state index is 11.8. The number of carboxylic acids is 1. The summed E-state index contributed by atoms with van der Waals surface area (Å²) in [6.45, 7) is 7.07. The summed E-state index contributed by atoms with van der Waals surface area (Å²) in [6.07, 6.45) is 2.42. The van der Waals surface area contributed by atoms with Crippen molar-refractivity contribution in [1.82, 2.24) is 4.90 Å². The molecule has 0 heterocycles. The third-order valence-electron chi connectivity index (χ3n) is 2.28. The molecule has 0 unspecified atom stereocenters. The summed E-state index contributed by atoms with van der Waals surface area (Å²) >= 11 is 0. The van der Waals surface area contributed by atoms with Crippen LogP contribution in [0, 0.1) is 5.92 Å². The van der Waals surface area contributed by atoms with Gasteiger partial charge in [0.05, 0.1) is 6.42 Å². The van der Waals surface area contributed by atoms with Gasteiger partial charge in [-0.05, 0) is 12.3 Å². The maximum Gasteiger partial charge on any atom is 0.305 e. The van der Waals surface area contributed by atoms with Crippen LogP contribution in [0.15, 0.2) is 0 Å². The molecule has 0 spiro atoms. The average Bonchev–Trinajstić information content (AvgIpc) is 2.19. The lowest BCUT2D eigenvalue weighted by Crippen LogP contribution is -2.35. The Morgan fingerprint density at radius 1 is 1.25 bits per heavy atom. The molecule has 0 aromatic rings. The highest BCUT2D eigenvalue weighted by Crippen LogP contribution is 2.05. The third kappa shape index (κ3) is 7.26. The summed E-state index contributed by atoms with van der Waals surface area (Å²) in [4.78, 5) is 23.9. The van der Waals surface area contributed by atoms with E-state index in [0.29, 0.717) is 25.4 Å². The second kappa shape index (κ2) is 8.13. The molecule has 0 saturated heterocycles. The van der Waals surface area contributed by atoms with E-state index in [2.05, 4.69) is 0 Å². The molecule has 4 nitrogen and oxygen atoms in total. The molecule has 0 atom stereocenters. The largest absolute Gasteiger partial charge is 0.481 e. The number of carbonyl (C=O) groups is 2. The zero-order chi connectivity index (χ0) is 12.6. The topological polar surface area (TPSA) is 57.6 Å². The number of unbranched alkanes of at least 4 members (excludes halogenated alkanes) is 1.